The molecule has 0 atom stereocenters. The van der Waals surface area contributed by atoms with Gasteiger partial charge in [-0.2, -0.15) is 0 Å². The third kappa shape index (κ3) is 3.39. The van der Waals surface area contributed by atoms with Gasteiger partial charge in [0.2, 0.25) is 0 Å². The van der Waals surface area contributed by atoms with Crippen LogP contribution in [-0.2, 0) is 0 Å². The summed E-state index contributed by atoms with van der Waals surface area (Å²) < 4.78 is 62.2. The molecular formula is C32H16F4N2O2. The molecule has 0 radical (unpaired) electrons. The van der Waals surface area contributed by atoms with Crippen molar-refractivity contribution in [3.05, 3.63) is 141 Å². The Morgan fingerprint density at radius 2 is 0.825 bits per heavy atom. The van der Waals surface area contributed by atoms with Gasteiger partial charge >= 0.3 is 0 Å². The Balaban J connectivity index is 1.80. The molecule has 2 aromatic heterocycles. The maximum absolute atomic E-state index is 15.2. The highest BCUT2D eigenvalue weighted by Crippen LogP contribution is 2.32. The number of benzene rings is 5. The van der Waals surface area contributed by atoms with Gasteiger partial charge in [-0.1, -0.05) is 36.4 Å². The average molecular weight is 536 g/mol. The molecule has 8 heteroatoms. The summed E-state index contributed by atoms with van der Waals surface area (Å²) in [4.78, 5) is 27.5. The molecule has 7 rings (SSSR count). The van der Waals surface area contributed by atoms with Gasteiger partial charge in [-0.15, -0.1) is 0 Å². The summed E-state index contributed by atoms with van der Waals surface area (Å²) in [6.45, 7) is 0. The summed E-state index contributed by atoms with van der Waals surface area (Å²) in [5, 5.41) is -0.587. The number of fused-ring (bicyclic) bond motifs is 4. The summed E-state index contributed by atoms with van der Waals surface area (Å²) in [6, 6.07) is 23.5. The molecule has 0 aliphatic carbocycles. The molecular weight excluding hydrogens is 520 g/mol. The standard InChI is InChI=1S/C32H16F4N2O2/c33-17-11-23(35)29-27(13-17)37(19-7-3-1-4-8-19)25-15-22-26(16-21(25)31(29)39)38(20-9-5-2-6-10-20)28-14-18(34)12-24(36)30(28)32(22)40/h1-16H. The molecule has 0 saturated heterocycles. The van der Waals surface area contributed by atoms with Crippen molar-refractivity contribution >= 4 is 43.6 Å². The van der Waals surface area contributed by atoms with Crippen molar-refractivity contribution < 1.29 is 17.6 Å². The second kappa shape index (κ2) is 8.64. The molecule has 0 N–H and O–H groups in total. The zero-order valence-electron chi connectivity index (χ0n) is 20.5. The molecule has 0 saturated carbocycles. The van der Waals surface area contributed by atoms with E-state index in [2.05, 4.69) is 0 Å². The number of rotatable bonds is 2. The van der Waals surface area contributed by atoms with E-state index in [9.17, 15) is 18.4 Å². The van der Waals surface area contributed by atoms with Crippen molar-refractivity contribution in [1.29, 1.82) is 0 Å². The summed E-state index contributed by atoms with van der Waals surface area (Å²) in [5.74, 6) is -3.82. The Morgan fingerprint density at radius 3 is 1.20 bits per heavy atom. The highest BCUT2D eigenvalue weighted by molar-refractivity contribution is 6.05. The topological polar surface area (TPSA) is 44.0 Å². The van der Waals surface area contributed by atoms with Crippen LogP contribution < -0.4 is 10.9 Å². The van der Waals surface area contributed by atoms with Crippen LogP contribution in [-0.4, -0.2) is 9.13 Å². The lowest BCUT2D eigenvalue weighted by atomic mass is 10.0. The van der Waals surface area contributed by atoms with Crippen LogP contribution in [0.1, 0.15) is 0 Å². The molecule has 0 unspecified atom stereocenters. The first-order chi connectivity index (χ1) is 19.3. The van der Waals surface area contributed by atoms with Crippen LogP contribution in [0.3, 0.4) is 0 Å². The normalized spacial score (nSPS) is 11.7. The molecule has 0 fully saturated rings. The van der Waals surface area contributed by atoms with Gasteiger partial charge in [0.05, 0.1) is 32.8 Å². The SMILES string of the molecule is O=c1c2cc3c(cc2n(-c2ccccc2)c2cc(F)cc(F)c12)c(=O)c1c(F)cc(F)cc1n3-c1ccccc1. The number of aromatic nitrogens is 2. The Labute approximate surface area is 222 Å². The minimum atomic E-state index is -1.03. The highest BCUT2D eigenvalue weighted by Gasteiger charge is 2.22. The molecule has 7 aromatic rings. The van der Waals surface area contributed by atoms with Crippen LogP contribution in [0.15, 0.2) is 107 Å². The maximum atomic E-state index is 15.2. The van der Waals surface area contributed by atoms with Gasteiger partial charge in [-0.3, -0.25) is 9.59 Å². The second-order valence-corrected chi connectivity index (χ2v) is 9.45. The van der Waals surface area contributed by atoms with E-state index in [-0.39, 0.29) is 43.6 Å². The zero-order valence-corrected chi connectivity index (χ0v) is 20.5. The van der Waals surface area contributed by atoms with Crippen LogP contribution in [0, 0.1) is 23.3 Å². The number of halogens is 4. The van der Waals surface area contributed by atoms with Gasteiger partial charge in [0, 0.05) is 34.3 Å². The number of pyridine rings is 2. The van der Waals surface area contributed by atoms with E-state index in [1.807, 2.05) is 0 Å². The summed E-state index contributed by atoms with van der Waals surface area (Å²) in [6.07, 6.45) is 0. The van der Waals surface area contributed by atoms with E-state index < -0.39 is 34.1 Å². The maximum Gasteiger partial charge on any atom is 0.200 e. The first-order valence-corrected chi connectivity index (χ1v) is 12.3. The predicted octanol–water partition coefficient (Wildman–Crippen LogP) is 7.16. The minimum Gasteiger partial charge on any atom is -0.309 e. The van der Waals surface area contributed by atoms with Crippen molar-refractivity contribution in [2.75, 3.05) is 0 Å². The van der Waals surface area contributed by atoms with Gasteiger partial charge in [0.15, 0.2) is 10.9 Å². The number of hydrogen-bond acceptors (Lipinski definition) is 2. The molecule has 0 bridgehead atoms. The molecule has 0 amide bonds. The lowest BCUT2D eigenvalue weighted by Crippen LogP contribution is -2.16. The molecule has 0 aliphatic rings. The molecule has 0 spiro atoms. The van der Waals surface area contributed by atoms with E-state index in [0.717, 1.165) is 12.1 Å². The van der Waals surface area contributed by atoms with Crippen molar-refractivity contribution in [2.24, 2.45) is 0 Å². The Kier molecular flexibility index (Phi) is 5.15. The minimum absolute atomic E-state index is 0.0297. The van der Waals surface area contributed by atoms with Crippen LogP contribution in [0.5, 0.6) is 0 Å². The smallest absolute Gasteiger partial charge is 0.200 e. The highest BCUT2D eigenvalue weighted by atomic mass is 19.1. The predicted molar refractivity (Wildman–Crippen MR) is 147 cm³/mol. The van der Waals surface area contributed by atoms with Crippen molar-refractivity contribution in [3.63, 3.8) is 0 Å². The lowest BCUT2D eigenvalue weighted by Gasteiger charge is -2.19. The fourth-order valence-corrected chi connectivity index (χ4v) is 5.47. The van der Waals surface area contributed by atoms with Crippen LogP contribution in [0.4, 0.5) is 17.6 Å². The third-order valence-corrected chi connectivity index (χ3v) is 7.12. The molecule has 5 aromatic carbocycles. The largest absolute Gasteiger partial charge is 0.309 e. The lowest BCUT2D eigenvalue weighted by molar-refractivity contribution is 0.590. The van der Waals surface area contributed by atoms with Crippen molar-refractivity contribution in [1.82, 2.24) is 9.13 Å². The number of para-hydroxylation sites is 2. The van der Waals surface area contributed by atoms with E-state index >= 15 is 8.78 Å². The van der Waals surface area contributed by atoms with Crippen molar-refractivity contribution in [3.8, 4) is 11.4 Å². The monoisotopic (exact) mass is 536 g/mol. The van der Waals surface area contributed by atoms with Gasteiger partial charge in [0.1, 0.15) is 23.3 Å². The Bertz CT molecular complexity index is 2130. The Morgan fingerprint density at radius 1 is 0.450 bits per heavy atom. The van der Waals surface area contributed by atoms with E-state index in [4.69, 9.17) is 0 Å². The fourth-order valence-electron chi connectivity index (χ4n) is 5.47. The molecule has 4 nitrogen and oxygen atoms in total. The fraction of sp³-hybridized carbons (Fsp3) is 0. The van der Waals surface area contributed by atoms with E-state index in [1.165, 1.54) is 21.3 Å². The molecule has 194 valence electrons. The Hall–Kier alpha value is -5.24. The van der Waals surface area contributed by atoms with Crippen LogP contribution in [0.2, 0.25) is 0 Å². The average Bonchev–Trinajstić information content (AvgIpc) is 2.93. The second-order valence-electron chi connectivity index (χ2n) is 9.45. The van der Waals surface area contributed by atoms with Gasteiger partial charge < -0.3 is 9.13 Å². The quantitative estimate of drug-likeness (QED) is 0.174. The summed E-state index contributed by atoms with van der Waals surface area (Å²) >= 11 is 0. The van der Waals surface area contributed by atoms with E-state index in [0.29, 0.717) is 23.5 Å². The summed E-state index contributed by atoms with van der Waals surface area (Å²) in [7, 11) is 0. The van der Waals surface area contributed by atoms with E-state index in [1.54, 1.807) is 60.7 Å². The van der Waals surface area contributed by atoms with Gasteiger partial charge in [0.25, 0.3) is 0 Å². The molecule has 40 heavy (non-hydrogen) atoms. The van der Waals surface area contributed by atoms with Crippen LogP contribution >= 0.6 is 0 Å². The zero-order chi connectivity index (χ0) is 27.7. The van der Waals surface area contributed by atoms with Gasteiger partial charge in [-0.25, -0.2) is 17.6 Å². The first kappa shape index (κ1) is 23.8. The molecule has 2 heterocycles. The number of hydrogen-bond donors (Lipinski definition) is 0. The summed E-state index contributed by atoms with van der Waals surface area (Å²) in [5.41, 5.74) is -0.127. The number of nitrogens with zero attached hydrogens (tertiary/aromatic N) is 2. The third-order valence-electron chi connectivity index (χ3n) is 7.12. The van der Waals surface area contributed by atoms with Crippen molar-refractivity contribution in [2.45, 2.75) is 0 Å². The first-order valence-electron chi connectivity index (χ1n) is 12.3. The van der Waals surface area contributed by atoms with Crippen LogP contribution in [0.25, 0.3) is 55.0 Å². The van der Waals surface area contributed by atoms with Gasteiger partial charge in [-0.05, 0) is 48.5 Å². The molecule has 0 aliphatic heterocycles.